The number of carbonyl (C=O) groups is 1. The van der Waals surface area contributed by atoms with Crippen LogP contribution in [0.3, 0.4) is 0 Å². The highest BCUT2D eigenvalue weighted by atomic mass is 16.2. The van der Waals surface area contributed by atoms with Crippen LogP contribution in [0.2, 0.25) is 0 Å². The molecule has 0 bridgehead atoms. The van der Waals surface area contributed by atoms with Gasteiger partial charge in [0.25, 0.3) is 0 Å². The van der Waals surface area contributed by atoms with Crippen LogP contribution in [0, 0.1) is 5.92 Å². The quantitative estimate of drug-likeness (QED) is 0.735. The van der Waals surface area contributed by atoms with E-state index in [1.165, 1.54) is 6.42 Å². The topological polar surface area (TPSA) is 23.6 Å². The minimum absolute atomic E-state index is 0.256. The van der Waals surface area contributed by atoms with E-state index in [1.807, 2.05) is 0 Å². The van der Waals surface area contributed by atoms with E-state index in [0.717, 1.165) is 38.9 Å². The van der Waals surface area contributed by atoms with E-state index >= 15 is 0 Å². The van der Waals surface area contributed by atoms with Crippen LogP contribution in [0.1, 0.15) is 46.5 Å². The summed E-state index contributed by atoms with van der Waals surface area (Å²) in [5.41, 5.74) is 0. The smallest absolute Gasteiger partial charge is 0.225 e. The number of piperidine rings is 2. The van der Waals surface area contributed by atoms with Crippen molar-refractivity contribution in [3.05, 3.63) is 0 Å². The summed E-state index contributed by atoms with van der Waals surface area (Å²) in [5.74, 6) is 0.658. The van der Waals surface area contributed by atoms with Gasteiger partial charge in [0, 0.05) is 37.6 Å². The lowest BCUT2D eigenvalue weighted by molar-refractivity contribution is -0.141. The molecule has 0 saturated carbocycles. The molecule has 0 aromatic carbocycles. The van der Waals surface area contributed by atoms with Gasteiger partial charge in [0.2, 0.25) is 5.91 Å². The van der Waals surface area contributed by atoms with E-state index in [-0.39, 0.29) is 5.92 Å². The van der Waals surface area contributed by atoms with Gasteiger partial charge in [-0.3, -0.25) is 4.79 Å². The fraction of sp³-hybridized carbons (Fsp3) is 0.929. The fourth-order valence-electron chi connectivity index (χ4n) is 3.16. The molecule has 0 N–H and O–H groups in total. The van der Waals surface area contributed by atoms with Crippen molar-refractivity contribution in [1.82, 2.24) is 9.80 Å². The van der Waals surface area contributed by atoms with E-state index in [4.69, 9.17) is 0 Å². The normalized spacial score (nSPS) is 29.1. The summed E-state index contributed by atoms with van der Waals surface area (Å²) in [6.07, 6.45) is 4.60. The number of hydrogen-bond donors (Lipinski definition) is 0. The van der Waals surface area contributed by atoms with Gasteiger partial charge in [0.1, 0.15) is 0 Å². The zero-order chi connectivity index (χ0) is 12.4. The second-order valence-corrected chi connectivity index (χ2v) is 5.94. The summed E-state index contributed by atoms with van der Waals surface area (Å²) < 4.78 is 0. The minimum atomic E-state index is 0.256. The summed E-state index contributed by atoms with van der Waals surface area (Å²) in [5, 5.41) is 0. The second kappa shape index (κ2) is 5.38. The number of likely N-dealkylation sites (tertiary alicyclic amines) is 2. The molecule has 2 saturated heterocycles. The molecule has 3 nitrogen and oxygen atoms in total. The summed E-state index contributed by atoms with van der Waals surface area (Å²) in [7, 11) is 0. The van der Waals surface area contributed by atoms with Gasteiger partial charge in [-0.05, 0) is 39.5 Å². The Morgan fingerprint density at radius 1 is 1.12 bits per heavy atom. The van der Waals surface area contributed by atoms with Crippen LogP contribution >= 0.6 is 0 Å². The van der Waals surface area contributed by atoms with E-state index in [1.54, 1.807) is 0 Å². The molecule has 1 amide bonds. The van der Waals surface area contributed by atoms with Crippen molar-refractivity contribution in [1.29, 1.82) is 0 Å². The van der Waals surface area contributed by atoms with E-state index < -0.39 is 0 Å². The predicted octanol–water partition coefficient (Wildman–Crippen LogP) is 2.12. The Kier molecular flexibility index (Phi) is 4.08. The SMILES string of the molecule is CC(C)N1CCC(N2CCC[C@H](C)C2=O)CC1. The molecule has 2 heterocycles. The Hall–Kier alpha value is -0.570. The van der Waals surface area contributed by atoms with Crippen LogP contribution in [0.4, 0.5) is 0 Å². The molecule has 0 spiro atoms. The van der Waals surface area contributed by atoms with Gasteiger partial charge in [-0.15, -0.1) is 0 Å². The molecule has 17 heavy (non-hydrogen) atoms. The summed E-state index contributed by atoms with van der Waals surface area (Å²) >= 11 is 0. The molecule has 98 valence electrons. The number of hydrogen-bond acceptors (Lipinski definition) is 2. The lowest BCUT2D eigenvalue weighted by atomic mass is 9.94. The molecule has 0 aliphatic carbocycles. The molecule has 2 aliphatic heterocycles. The van der Waals surface area contributed by atoms with Crippen molar-refractivity contribution in [2.45, 2.75) is 58.5 Å². The van der Waals surface area contributed by atoms with Gasteiger partial charge in [0.05, 0.1) is 0 Å². The van der Waals surface area contributed by atoms with Gasteiger partial charge in [-0.25, -0.2) is 0 Å². The largest absolute Gasteiger partial charge is 0.339 e. The van der Waals surface area contributed by atoms with E-state index in [2.05, 4.69) is 30.6 Å². The zero-order valence-corrected chi connectivity index (χ0v) is 11.5. The van der Waals surface area contributed by atoms with Crippen LogP contribution in [-0.4, -0.2) is 47.4 Å². The standard InChI is InChI=1S/C14H26N2O/c1-11(2)15-9-6-13(7-10-15)16-8-4-5-12(3)14(16)17/h11-13H,4-10H2,1-3H3/t12-/m0/s1. The third kappa shape index (κ3) is 2.82. The molecule has 0 radical (unpaired) electrons. The third-order valence-corrected chi connectivity index (χ3v) is 4.41. The van der Waals surface area contributed by atoms with Gasteiger partial charge >= 0.3 is 0 Å². The first-order valence-corrected chi connectivity index (χ1v) is 7.14. The average Bonchev–Trinajstić information content (AvgIpc) is 2.33. The Labute approximate surface area is 105 Å². The third-order valence-electron chi connectivity index (χ3n) is 4.41. The molecule has 1 atom stereocenters. The highest BCUT2D eigenvalue weighted by Crippen LogP contribution is 2.25. The van der Waals surface area contributed by atoms with Crippen molar-refractivity contribution in [3.8, 4) is 0 Å². The molecule has 3 heteroatoms. The lowest BCUT2D eigenvalue weighted by Gasteiger charge is -2.42. The van der Waals surface area contributed by atoms with Gasteiger partial charge < -0.3 is 9.80 Å². The van der Waals surface area contributed by atoms with Crippen molar-refractivity contribution in [2.24, 2.45) is 5.92 Å². The van der Waals surface area contributed by atoms with Crippen LogP contribution < -0.4 is 0 Å². The van der Waals surface area contributed by atoms with E-state index in [0.29, 0.717) is 18.0 Å². The van der Waals surface area contributed by atoms with Crippen molar-refractivity contribution in [2.75, 3.05) is 19.6 Å². The van der Waals surface area contributed by atoms with Gasteiger partial charge in [0.15, 0.2) is 0 Å². The first kappa shape index (κ1) is 12.9. The molecule has 2 aliphatic rings. The number of nitrogens with zero attached hydrogens (tertiary/aromatic N) is 2. The first-order chi connectivity index (χ1) is 8.09. The Balaban J connectivity index is 1.89. The van der Waals surface area contributed by atoms with Crippen molar-refractivity contribution < 1.29 is 4.79 Å². The summed E-state index contributed by atoms with van der Waals surface area (Å²) in [6, 6.07) is 1.16. The first-order valence-electron chi connectivity index (χ1n) is 7.14. The summed E-state index contributed by atoms with van der Waals surface area (Å²) in [6.45, 7) is 9.90. The maximum atomic E-state index is 12.2. The number of carbonyl (C=O) groups excluding carboxylic acids is 1. The maximum Gasteiger partial charge on any atom is 0.225 e. The van der Waals surface area contributed by atoms with Crippen LogP contribution in [0.5, 0.6) is 0 Å². The number of rotatable bonds is 2. The number of amides is 1. The zero-order valence-electron chi connectivity index (χ0n) is 11.5. The summed E-state index contributed by atoms with van der Waals surface area (Å²) in [4.78, 5) is 16.8. The van der Waals surface area contributed by atoms with Gasteiger partial charge in [-0.1, -0.05) is 6.92 Å². The highest BCUT2D eigenvalue weighted by Gasteiger charge is 2.32. The second-order valence-electron chi connectivity index (χ2n) is 5.94. The molecular formula is C14H26N2O. The monoisotopic (exact) mass is 238 g/mol. The Bertz CT molecular complexity index is 269. The highest BCUT2D eigenvalue weighted by molar-refractivity contribution is 5.79. The molecule has 0 unspecified atom stereocenters. The predicted molar refractivity (Wildman–Crippen MR) is 69.8 cm³/mol. The minimum Gasteiger partial charge on any atom is -0.339 e. The Morgan fingerprint density at radius 3 is 2.35 bits per heavy atom. The molecule has 0 aromatic heterocycles. The molecule has 2 rings (SSSR count). The lowest BCUT2D eigenvalue weighted by Crippen LogP contribution is -2.51. The van der Waals surface area contributed by atoms with Crippen LogP contribution in [0.15, 0.2) is 0 Å². The van der Waals surface area contributed by atoms with Crippen molar-refractivity contribution in [3.63, 3.8) is 0 Å². The van der Waals surface area contributed by atoms with E-state index in [9.17, 15) is 4.79 Å². The molecule has 0 aromatic rings. The van der Waals surface area contributed by atoms with Crippen LogP contribution in [-0.2, 0) is 4.79 Å². The maximum absolute atomic E-state index is 12.2. The van der Waals surface area contributed by atoms with Gasteiger partial charge in [-0.2, -0.15) is 0 Å². The molecule has 2 fully saturated rings. The fourth-order valence-corrected chi connectivity index (χ4v) is 3.16. The average molecular weight is 238 g/mol. The van der Waals surface area contributed by atoms with Crippen molar-refractivity contribution >= 4 is 5.91 Å². The van der Waals surface area contributed by atoms with Crippen LogP contribution in [0.25, 0.3) is 0 Å². The molecular weight excluding hydrogens is 212 g/mol. The Morgan fingerprint density at radius 2 is 1.76 bits per heavy atom.